The number of nitrogens with zero attached hydrogens (tertiary/aromatic N) is 1. The summed E-state index contributed by atoms with van der Waals surface area (Å²) in [6.45, 7) is 1.14. The van der Waals surface area contributed by atoms with Gasteiger partial charge in [-0.1, -0.05) is 18.2 Å². The van der Waals surface area contributed by atoms with Crippen molar-refractivity contribution >= 4 is 5.78 Å². The number of rotatable bonds is 2. The van der Waals surface area contributed by atoms with Crippen LogP contribution < -0.4 is 11.2 Å². The Balaban J connectivity index is 2.85. The van der Waals surface area contributed by atoms with Gasteiger partial charge in [0.15, 0.2) is 5.78 Å². The number of Topliss-reactive ketones (excluding diaryl/α,β-unsaturated/α-hetero) is 1. The van der Waals surface area contributed by atoms with Gasteiger partial charge in [-0.05, 0) is 19.1 Å². The molecule has 18 heavy (non-hydrogen) atoms. The van der Waals surface area contributed by atoms with E-state index >= 15 is 0 Å². The van der Waals surface area contributed by atoms with E-state index < -0.39 is 28.5 Å². The zero-order valence-electron chi connectivity index (χ0n) is 9.51. The molecule has 0 amide bonds. The zero-order valence-corrected chi connectivity index (χ0v) is 9.51. The fourth-order valence-electron chi connectivity index (χ4n) is 1.66. The predicted molar refractivity (Wildman–Crippen MR) is 64.3 cm³/mol. The molecular weight excluding hydrogens is 236 g/mol. The number of carbonyl (C=O) groups is 1. The molecule has 0 radical (unpaired) electrons. The highest BCUT2D eigenvalue weighted by Crippen LogP contribution is 2.15. The lowest BCUT2D eigenvalue weighted by molar-refractivity contribution is 0.101. The van der Waals surface area contributed by atoms with Gasteiger partial charge in [0.1, 0.15) is 5.56 Å². The van der Waals surface area contributed by atoms with Gasteiger partial charge in [-0.2, -0.15) is 0 Å². The molecule has 0 saturated heterocycles. The third kappa shape index (κ3) is 1.84. The summed E-state index contributed by atoms with van der Waals surface area (Å²) in [7, 11) is 0. The molecule has 0 fully saturated rings. The van der Waals surface area contributed by atoms with E-state index in [1.54, 1.807) is 30.3 Å². The second-order valence-corrected chi connectivity index (χ2v) is 3.69. The van der Waals surface area contributed by atoms with E-state index in [9.17, 15) is 19.5 Å². The highest BCUT2D eigenvalue weighted by Gasteiger charge is 2.18. The van der Waals surface area contributed by atoms with Gasteiger partial charge in [-0.3, -0.25) is 14.6 Å². The number of hydrogen-bond donors (Lipinski definition) is 2. The molecule has 1 heterocycles. The van der Waals surface area contributed by atoms with Crippen LogP contribution in [0.3, 0.4) is 0 Å². The first-order chi connectivity index (χ1) is 8.52. The Morgan fingerprint density at radius 3 is 2.39 bits per heavy atom. The van der Waals surface area contributed by atoms with Crippen LogP contribution in [-0.2, 0) is 0 Å². The van der Waals surface area contributed by atoms with Gasteiger partial charge in [-0.15, -0.1) is 0 Å². The molecule has 0 saturated carbocycles. The minimum Gasteiger partial charge on any atom is -0.493 e. The van der Waals surface area contributed by atoms with Crippen molar-refractivity contribution in [3.8, 4) is 11.6 Å². The van der Waals surface area contributed by atoms with Crippen molar-refractivity contribution < 1.29 is 9.90 Å². The van der Waals surface area contributed by atoms with E-state index in [2.05, 4.69) is 0 Å². The van der Waals surface area contributed by atoms with E-state index in [0.717, 1.165) is 11.5 Å². The Hall–Kier alpha value is -2.63. The van der Waals surface area contributed by atoms with E-state index in [1.165, 1.54) is 0 Å². The molecule has 0 bridgehead atoms. The van der Waals surface area contributed by atoms with Gasteiger partial charge in [0.2, 0.25) is 5.88 Å². The van der Waals surface area contributed by atoms with Gasteiger partial charge in [0.25, 0.3) is 5.56 Å². The third-order valence-electron chi connectivity index (χ3n) is 2.45. The fraction of sp³-hybridized carbons (Fsp3) is 0.0833. The second kappa shape index (κ2) is 4.33. The van der Waals surface area contributed by atoms with Crippen LogP contribution in [0.2, 0.25) is 0 Å². The molecule has 1 aromatic heterocycles. The standard InChI is InChI=1S/C12H10N2O4/c1-7(15)9-10(16)13-12(18)14(11(9)17)8-5-3-2-4-6-8/h2-6,17H,1H3,(H,13,16,18). The molecule has 2 N–H and O–H groups in total. The summed E-state index contributed by atoms with van der Waals surface area (Å²) >= 11 is 0. The van der Waals surface area contributed by atoms with E-state index in [1.807, 2.05) is 4.98 Å². The molecule has 0 aliphatic carbocycles. The Morgan fingerprint density at radius 1 is 1.22 bits per heavy atom. The number of carbonyl (C=O) groups excluding carboxylic acids is 1. The lowest BCUT2D eigenvalue weighted by Gasteiger charge is -2.09. The van der Waals surface area contributed by atoms with Crippen molar-refractivity contribution in [3.05, 3.63) is 56.7 Å². The Kier molecular flexibility index (Phi) is 2.85. The van der Waals surface area contributed by atoms with Crippen LogP contribution in [0.15, 0.2) is 39.9 Å². The normalized spacial score (nSPS) is 10.3. The third-order valence-corrected chi connectivity index (χ3v) is 2.45. The molecule has 6 heteroatoms. The maximum atomic E-state index is 11.7. The number of aromatic amines is 1. The smallest absolute Gasteiger partial charge is 0.335 e. The molecule has 92 valence electrons. The first kappa shape index (κ1) is 11.8. The molecule has 0 atom stereocenters. The van der Waals surface area contributed by atoms with Gasteiger partial charge in [0.05, 0.1) is 5.69 Å². The van der Waals surface area contributed by atoms with Gasteiger partial charge in [0, 0.05) is 0 Å². The molecule has 2 rings (SSSR count). The van der Waals surface area contributed by atoms with E-state index in [-0.39, 0.29) is 0 Å². The largest absolute Gasteiger partial charge is 0.493 e. The summed E-state index contributed by atoms with van der Waals surface area (Å²) in [5.41, 5.74) is -1.76. The van der Waals surface area contributed by atoms with Crippen LogP contribution >= 0.6 is 0 Å². The van der Waals surface area contributed by atoms with E-state index in [0.29, 0.717) is 5.69 Å². The Bertz CT molecular complexity index is 713. The van der Waals surface area contributed by atoms with Crippen molar-refractivity contribution in [2.24, 2.45) is 0 Å². The van der Waals surface area contributed by atoms with Crippen LogP contribution in [0.4, 0.5) is 0 Å². The van der Waals surface area contributed by atoms with Crippen LogP contribution in [0.5, 0.6) is 5.88 Å². The Labute approximate surface area is 101 Å². The number of benzene rings is 1. The van der Waals surface area contributed by atoms with Crippen molar-refractivity contribution in [1.29, 1.82) is 0 Å². The monoisotopic (exact) mass is 246 g/mol. The summed E-state index contributed by atoms with van der Waals surface area (Å²) in [6.07, 6.45) is 0. The summed E-state index contributed by atoms with van der Waals surface area (Å²) in [6, 6.07) is 8.22. The highest BCUT2D eigenvalue weighted by molar-refractivity contribution is 5.95. The van der Waals surface area contributed by atoms with Gasteiger partial charge in [-0.25, -0.2) is 9.36 Å². The maximum Gasteiger partial charge on any atom is 0.335 e. The first-order valence-electron chi connectivity index (χ1n) is 5.17. The second-order valence-electron chi connectivity index (χ2n) is 3.69. The zero-order chi connectivity index (χ0) is 13.3. The van der Waals surface area contributed by atoms with Crippen LogP contribution in [-0.4, -0.2) is 20.4 Å². The number of aromatic hydroxyl groups is 1. The van der Waals surface area contributed by atoms with Crippen LogP contribution in [0.25, 0.3) is 5.69 Å². The average Bonchev–Trinajstić information content (AvgIpc) is 2.28. The minimum atomic E-state index is -0.891. The number of H-pyrrole nitrogens is 1. The van der Waals surface area contributed by atoms with Crippen molar-refractivity contribution in [3.63, 3.8) is 0 Å². The Morgan fingerprint density at radius 2 is 1.83 bits per heavy atom. The summed E-state index contributed by atoms with van der Waals surface area (Å²) in [5.74, 6) is -1.26. The molecule has 2 aromatic rings. The topological polar surface area (TPSA) is 92.2 Å². The summed E-state index contributed by atoms with van der Waals surface area (Å²) in [5, 5.41) is 9.90. The van der Waals surface area contributed by atoms with Crippen molar-refractivity contribution in [2.45, 2.75) is 6.92 Å². The molecule has 0 spiro atoms. The molecule has 0 unspecified atom stereocenters. The number of ketones is 1. The van der Waals surface area contributed by atoms with E-state index in [4.69, 9.17) is 0 Å². The quantitative estimate of drug-likeness (QED) is 0.752. The molecule has 0 aliphatic heterocycles. The highest BCUT2D eigenvalue weighted by atomic mass is 16.3. The predicted octanol–water partition coefficient (Wildman–Crippen LogP) is 0.434. The number of aromatic nitrogens is 2. The molecular formula is C12H10N2O4. The van der Waals surface area contributed by atoms with Gasteiger partial charge >= 0.3 is 5.69 Å². The number of para-hydroxylation sites is 1. The average molecular weight is 246 g/mol. The van der Waals surface area contributed by atoms with Crippen LogP contribution in [0, 0.1) is 0 Å². The molecule has 6 nitrogen and oxygen atoms in total. The summed E-state index contributed by atoms with van der Waals surface area (Å²) < 4.78 is 0.873. The molecule has 1 aromatic carbocycles. The lowest BCUT2D eigenvalue weighted by Crippen LogP contribution is -2.32. The molecule has 0 aliphatic rings. The minimum absolute atomic E-state index is 0.360. The SMILES string of the molecule is CC(=O)c1c(O)n(-c2ccccc2)c(=O)[nH]c1=O. The fourth-order valence-corrected chi connectivity index (χ4v) is 1.66. The van der Waals surface area contributed by atoms with Crippen LogP contribution in [0.1, 0.15) is 17.3 Å². The summed E-state index contributed by atoms with van der Waals surface area (Å²) in [4.78, 5) is 36.4. The van der Waals surface area contributed by atoms with Gasteiger partial charge < -0.3 is 5.11 Å². The first-order valence-corrected chi connectivity index (χ1v) is 5.17. The lowest BCUT2D eigenvalue weighted by atomic mass is 10.2. The maximum absolute atomic E-state index is 11.7. The van der Waals surface area contributed by atoms with Crippen molar-refractivity contribution in [2.75, 3.05) is 0 Å². The number of nitrogens with one attached hydrogen (secondary N) is 1. The number of hydrogen-bond acceptors (Lipinski definition) is 4. The van der Waals surface area contributed by atoms with Crippen molar-refractivity contribution in [1.82, 2.24) is 9.55 Å².